The number of rotatable bonds is 7. The topological polar surface area (TPSA) is 104 Å². The van der Waals surface area contributed by atoms with Gasteiger partial charge in [0.25, 0.3) is 0 Å². The van der Waals surface area contributed by atoms with Gasteiger partial charge < -0.3 is 10.6 Å². The summed E-state index contributed by atoms with van der Waals surface area (Å²) in [4.78, 5) is 28.8. The van der Waals surface area contributed by atoms with Crippen molar-refractivity contribution in [1.29, 1.82) is 0 Å². The molecule has 0 aliphatic heterocycles. The highest BCUT2D eigenvalue weighted by atomic mass is 32.2. The Labute approximate surface area is 171 Å². The molecule has 0 spiro atoms. The zero-order valence-corrected chi connectivity index (χ0v) is 16.6. The molecule has 0 unspecified atom stereocenters. The molecule has 0 atom stereocenters. The summed E-state index contributed by atoms with van der Waals surface area (Å²) in [5.41, 5.74) is 3.61. The second kappa shape index (κ2) is 8.36. The molecule has 0 aliphatic carbocycles. The summed E-state index contributed by atoms with van der Waals surface area (Å²) in [6.07, 6.45) is 0.820. The number of H-pyrrole nitrogens is 1. The van der Waals surface area contributed by atoms with Crippen LogP contribution in [0.15, 0.2) is 53.7 Å². The van der Waals surface area contributed by atoms with Crippen LogP contribution in [0, 0.1) is 0 Å². The molecule has 0 aliphatic rings. The lowest BCUT2D eigenvalue weighted by atomic mass is 10.1. The first-order valence-corrected chi connectivity index (χ1v) is 10.2. The van der Waals surface area contributed by atoms with E-state index in [1.54, 1.807) is 0 Å². The van der Waals surface area contributed by atoms with Gasteiger partial charge >= 0.3 is 0 Å². The van der Waals surface area contributed by atoms with Gasteiger partial charge in [-0.1, -0.05) is 49.0 Å². The number of amides is 2. The zero-order valence-electron chi connectivity index (χ0n) is 15.8. The molecule has 148 valence electrons. The number of aromatic amines is 1. The maximum atomic E-state index is 12.2. The van der Waals surface area contributed by atoms with E-state index < -0.39 is 0 Å². The van der Waals surface area contributed by atoms with Gasteiger partial charge in [-0.05, 0) is 30.2 Å². The number of hydrogen-bond acceptors (Lipinski definition) is 5. The van der Waals surface area contributed by atoms with Crippen molar-refractivity contribution in [3.8, 4) is 0 Å². The third kappa shape index (κ3) is 4.09. The summed E-state index contributed by atoms with van der Waals surface area (Å²) in [5, 5.41) is 13.2. The molecule has 3 N–H and O–H groups in total. The highest BCUT2D eigenvalue weighted by molar-refractivity contribution is 7.99. The van der Waals surface area contributed by atoms with E-state index in [0.717, 1.165) is 28.7 Å². The highest BCUT2D eigenvalue weighted by Crippen LogP contribution is 2.22. The zero-order chi connectivity index (χ0) is 20.2. The lowest BCUT2D eigenvalue weighted by molar-refractivity contribution is -0.122. The summed E-state index contributed by atoms with van der Waals surface area (Å²) in [5.74, 6) is 0.273. The van der Waals surface area contributed by atoms with Gasteiger partial charge in [0.15, 0.2) is 5.16 Å². The van der Waals surface area contributed by atoms with Crippen LogP contribution in [0.3, 0.4) is 0 Å². The summed E-state index contributed by atoms with van der Waals surface area (Å²) in [7, 11) is 0. The predicted octanol–water partition coefficient (Wildman–Crippen LogP) is 2.62. The van der Waals surface area contributed by atoms with Crippen LogP contribution in [0.4, 0.5) is 5.69 Å². The molecule has 0 bridgehead atoms. The van der Waals surface area contributed by atoms with Crippen LogP contribution in [0.2, 0.25) is 0 Å². The normalized spacial score (nSPS) is 11.1. The fraction of sp³-hybridized carbons (Fsp3) is 0.200. The lowest BCUT2D eigenvalue weighted by Gasteiger charge is -2.10. The maximum Gasteiger partial charge on any atom is 0.243 e. The summed E-state index contributed by atoms with van der Waals surface area (Å²) >= 11 is 1.28. The van der Waals surface area contributed by atoms with Gasteiger partial charge in [0.1, 0.15) is 0 Å². The van der Waals surface area contributed by atoms with Crippen molar-refractivity contribution in [1.82, 2.24) is 24.9 Å². The van der Waals surface area contributed by atoms with Crippen molar-refractivity contribution in [2.45, 2.75) is 18.5 Å². The van der Waals surface area contributed by atoms with Crippen LogP contribution in [-0.2, 0) is 16.0 Å². The average Bonchev–Trinajstić information content (AvgIpc) is 3.30. The van der Waals surface area contributed by atoms with E-state index in [9.17, 15) is 9.59 Å². The van der Waals surface area contributed by atoms with Gasteiger partial charge in [0.05, 0.1) is 23.3 Å². The number of fused-ring (bicyclic) bond motifs is 3. The Balaban J connectivity index is 1.32. The Hall–Kier alpha value is -3.33. The molecule has 2 heterocycles. The van der Waals surface area contributed by atoms with Crippen LogP contribution in [0.1, 0.15) is 12.5 Å². The molecule has 4 rings (SSSR count). The fourth-order valence-corrected chi connectivity index (χ4v) is 3.83. The van der Waals surface area contributed by atoms with Crippen molar-refractivity contribution in [2.75, 3.05) is 17.6 Å². The number of benzene rings is 2. The van der Waals surface area contributed by atoms with Crippen molar-refractivity contribution >= 4 is 46.1 Å². The molecular weight excluding hydrogens is 388 g/mol. The van der Waals surface area contributed by atoms with Crippen molar-refractivity contribution in [2.24, 2.45) is 0 Å². The number of hydrogen-bond donors (Lipinski definition) is 3. The first kappa shape index (κ1) is 19.0. The largest absolute Gasteiger partial charge is 0.346 e. The summed E-state index contributed by atoms with van der Waals surface area (Å²) in [6.45, 7) is 1.95. The minimum absolute atomic E-state index is 0.0819. The van der Waals surface area contributed by atoms with E-state index in [1.165, 1.54) is 11.8 Å². The number of nitrogens with zero attached hydrogens (tertiary/aromatic N) is 3. The minimum Gasteiger partial charge on any atom is -0.346 e. The lowest BCUT2D eigenvalue weighted by Crippen LogP contribution is -2.34. The molecule has 29 heavy (non-hydrogen) atoms. The molecule has 0 saturated carbocycles. The third-order valence-electron chi connectivity index (χ3n) is 4.45. The van der Waals surface area contributed by atoms with Crippen LogP contribution in [0.5, 0.6) is 0 Å². The number of carbonyl (C=O) groups is 2. The van der Waals surface area contributed by atoms with Gasteiger partial charge in [-0.15, -0.1) is 5.10 Å². The Morgan fingerprint density at radius 2 is 1.90 bits per heavy atom. The van der Waals surface area contributed by atoms with Crippen molar-refractivity contribution < 1.29 is 9.59 Å². The number of anilines is 1. The molecule has 8 nitrogen and oxygen atoms in total. The Kier molecular flexibility index (Phi) is 5.48. The molecule has 0 saturated heterocycles. The molecule has 0 radical (unpaired) electrons. The summed E-state index contributed by atoms with van der Waals surface area (Å²) < 4.78 is 1.88. The second-order valence-electron chi connectivity index (χ2n) is 6.39. The van der Waals surface area contributed by atoms with Gasteiger partial charge in [0.2, 0.25) is 17.6 Å². The van der Waals surface area contributed by atoms with Gasteiger partial charge in [-0.2, -0.15) is 0 Å². The van der Waals surface area contributed by atoms with E-state index in [2.05, 4.69) is 25.8 Å². The minimum atomic E-state index is -0.257. The molecule has 4 aromatic rings. The number of imidazole rings is 1. The smallest absolute Gasteiger partial charge is 0.243 e. The Morgan fingerprint density at radius 1 is 1.10 bits per heavy atom. The van der Waals surface area contributed by atoms with Crippen molar-refractivity contribution in [3.05, 3.63) is 54.1 Å². The van der Waals surface area contributed by atoms with Crippen LogP contribution in [-0.4, -0.2) is 43.7 Å². The molecule has 9 heteroatoms. The molecule has 2 aromatic carbocycles. The molecule has 0 fully saturated rings. The van der Waals surface area contributed by atoms with E-state index in [4.69, 9.17) is 0 Å². The number of aromatic nitrogens is 4. The van der Waals surface area contributed by atoms with E-state index in [-0.39, 0.29) is 24.1 Å². The number of carbonyl (C=O) groups excluding carboxylic acids is 2. The van der Waals surface area contributed by atoms with Gasteiger partial charge in [-0.25, -0.2) is 10.1 Å². The van der Waals surface area contributed by atoms with Crippen LogP contribution < -0.4 is 10.6 Å². The van der Waals surface area contributed by atoms with E-state index in [1.807, 2.05) is 59.9 Å². The standard InChI is InChI=1S/C20H20N6O2S/c1-2-13-7-3-4-8-14(13)22-17(27)11-21-18(28)12-29-20-25-24-19-23-15-9-5-6-10-16(15)26(19)20/h3-10H,2,11-12H2,1H3,(H,21,28)(H,22,27)(H,23,24). The van der Waals surface area contributed by atoms with Crippen molar-refractivity contribution in [3.63, 3.8) is 0 Å². The monoisotopic (exact) mass is 408 g/mol. The van der Waals surface area contributed by atoms with E-state index in [0.29, 0.717) is 10.9 Å². The number of thioether (sulfide) groups is 1. The predicted molar refractivity (Wildman–Crippen MR) is 113 cm³/mol. The van der Waals surface area contributed by atoms with Crippen LogP contribution >= 0.6 is 11.8 Å². The molecule has 2 aromatic heterocycles. The molecule has 2 amide bonds. The van der Waals surface area contributed by atoms with Gasteiger partial charge in [-0.3, -0.25) is 14.0 Å². The third-order valence-corrected chi connectivity index (χ3v) is 5.39. The Bertz CT molecular complexity index is 1180. The first-order chi connectivity index (χ1) is 14.2. The number of para-hydroxylation sites is 3. The van der Waals surface area contributed by atoms with Crippen LogP contribution in [0.25, 0.3) is 16.8 Å². The van der Waals surface area contributed by atoms with E-state index >= 15 is 0 Å². The average molecular weight is 408 g/mol. The maximum absolute atomic E-state index is 12.2. The quantitative estimate of drug-likeness (QED) is 0.408. The fourth-order valence-electron chi connectivity index (χ4n) is 3.04. The number of nitrogens with one attached hydrogen (secondary N) is 3. The molecular formula is C20H20N6O2S. The Morgan fingerprint density at radius 3 is 2.76 bits per heavy atom. The number of aryl methyl sites for hydroxylation is 1. The highest BCUT2D eigenvalue weighted by Gasteiger charge is 2.14. The second-order valence-corrected chi connectivity index (χ2v) is 7.33. The van der Waals surface area contributed by atoms with Gasteiger partial charge in [0, 0.05) is 5.69 Å². The first-order valence-electron chi connectivity index (χ1n) is 9.24. The summed E-state index contributed by atoms with van der Waals surface area (Å²) in [6, 6.07) is 15.4. The SMILES string of the molecule is CCc1ccccc1NC(=O)CNC(=O)CSc1n[nH]c2nc3ccccc3n12.